The Balaban J connectivity index is 1.98. The van der Waals surface area contributed by atoms with E-state index in [2.05, 4.69) is 29.6 Å². The van der Waals surface area contributed by atoms with Crippen molar-refractivity contribution in [2.45, 2.75) is 44.6 Å². The molecule has 0 spiro atoms. The van der Waals surface area contributed by atoms with Gasteiger partial charge in [-0.1, -0.05) is 25.1 Å². The molecule has 1 N–H and O–H groups in total. The second kappa shape index (κ2) is 7.87. The first-order valence-electron chi connectivity index (χ1n) is 9.08. The Bertz CT molecular complexity index is 756. The summed E-state index contributed by atoms with van der Waals surface area (Å²) < 4.78 is 11.2. The van der Waals surface area contributed by atoms with Gasteiger partial charge in [0.05, 0.1) is 13.2 Å². The maximum absolute atomic E-state index is 11.5. The molecule has 0 saturated heterocycles. The van der Waals surface area contributed by atoms with Crippen LogP contribution in [0.3, 0.4) is 0 Å². The number of fused-ring (bicyclic) bond motifs is 3. The average Bonchev–Trinajstić information content (AvgIpc) is 2.66. The summed E-state index contributed by atoms with van der Waals surface area (Å²) in [4.78, 5) is 11.5. The van der Waals surface area contributed by atoms with Crippen LogP contribution >= 0.6 is 0 Å². The molecule has 0 saturated carbocycles. The van der Waals surface area contributed by atoms with Gasteiger partial charge in [-0.2, -0.15) is 0 Å². The van der Waals surface area contributed by atoms with Crippen LogP contribution in [0.5, 0.6) is 5.75 Å². The third kappa shape index (κ3) is 3.64. The Morgan fingerprint density at radius 1 is 1.20 bits per heavy atom. The fourth-order valence-corrected chi connectivity index (χ4v) is 3.90. The summed E-state index contributed by atoms with van der Waals surface area (Å²) in [6.45, 7) is 2.60. The number of methoxy groups -OCH3 is 2. The molecule has 0 heterocycles. The van der Waals surface area contributed by atoms with Crippen molar-refractivity contribution in [3.8, 4) is 5.75 Å². The number of amides is 1. The number of hydrogen-bond acceptors (Lipinski definition) is 3. The Morgan fingerprint density at radius 3 is 2.72 bits per heavy atom. The van der Waals surface area contributed by atoms with E-state index in [0.29, 0.717) is 12.3 Å². The summed E-state index contributed by atoms with van der Waals surface area (Å²) in [6.07, 6.45) is 3.72. The topological polar surface area (TPSA) is 47.6 Å². The normalized spacial score (nSPS) is 19.5. The second-order valence-electron chi connectivity index (χ2n) is 6.65. The lowest BCUT2D eigenvalue weighted by Crippen LogP contribution is -2.26. The third-order valence-electron chi connectivity index (χ3n) is 5.26. The Hall–Kier alpha value is -2.07. The molecule has 0 aliphatic heterocycles. The summed E-state index contributed by atoms with van der Waals surface area (Å²) in [5.41, 5.74) is 2.64. The molecule has 134 valence electrons. The Kier molecular flexibility index (Phi) is 5.59. The predicted octanol–water partition coefficient (Wildman–Crippen LogP) is 4.33. The number of benzene rings is 2. The zero-order valence-corrected chi connectivity index (χ0v) is 15.3. The van der Waals surface area contributed by atoms with Gasteiger partial charge in [-0.3, -0.25) is 4.79 Å². The highest BCUT2D eigenvalue weighted by molar-refractivity contribution is 5.89. The van der Waals surface area contributed by atoms with Crippen LogP contribution in [0.4, 0.5) is 0 Å². The standard InChI is InChI=1S/C21H27NO3/c1-4-20(23)22-12-11-15-7-10-19(25-3)17-9-6-14-5-8-16(24-2)13-18(14)21(15)17/h5-6,8-9,13,15,19H,4,7,10-12H2,1-3H3,(H,22,23). The lowest BCUT2D eigenvalue weighted by Gasteiger charge is -2.32. The number of ether oxygens (including phenoxy) is 2. The molecule has 0 radical (unpaired) electrons. The van der Waals surface area contributed by atoms with Crippen molar-refractivity contribution >= 4 is 16.7 Å². The number of carbonyl (C=O) groups excluding carboxylic acids is 1. The molecule has 2 unspecified atom stereocenters. The van der Waals surface area contributed by atoms with Gasteiger partial charge in [0, 0.05) is 20.1 Å². The van der Waals surface area contributed by atoms with Crippen molar-refractivity contribution in [3.63, 3.8) is 0 Å². The number of hydrogen-bond donors (Lipinski definition) is 1. The minimum Gasteiger partial charge on any atom is -0.497 e. The van der Waals surface area contributed by atoms with Gasteiger partial charge in [0.2, 0.25) is 5.91 Å². The lowest BCUT2D eigenvalue weighted by molar-refractivity contribution is -0.120. The molecule has 3 rings (SSSR count). The van der Waals surface area contributed by atoms with Gasteiger partial charge in [0.25, 0.3) is 0 Å². The van der Waals surface area contributed by atoms with Crippen LogP contribution in [0.15, 0.2) is 30.3 Å². The van der Waals surface area contributed by atoms with E-state index in [0.717, 1.165) is 31.6 Å². The van der Waals surface area contributed by atoms with Crippen LogP contribution in [0, 0.1) is 0 Å². The highest BCUT2D eigenvalue weighted by Gasteiger charge is 2.28. The molecule has 2 aromatic rings. The molecular weight excluding hydrogens is 314 g/mol. The van der Waals surface area contributed by atoms with Gasteiger partial charge in [-0.15, -0.1) is 0 Å². The van der Waals surface area contributed by atoms with E-state index in [9.17, 15) is 4.79 Å². The molecule has 25 heavy (non-hydrogen) atoms. The van der Waals surface area contributed by atoms with E-state index >= 15 is 0 Å². The van der Waals surface area contributed by atoms with E-state index in [-0.39, 0.29) is 12.0 Å². The van der Waals surface area contributed by atoms with Gasteiger partial charge in [-0.25, -0.2) is 0 Å². The third-order valence-corrected chi connectivity index (χ3v) is 5.26. The molecule has 4 heteroatoms. The highest BCUT2D eigenvalue weighted by atomic mass is 16.5. The molecule has 4 nitrogen and oxygen atoms in total. The van der Waals surface area contributed by atoms with Crippen LogP contribution in [-0.2, 0) is 9.53 Å². The smallest absolute Gasteiger partial charge is 0.219 e. The molecule has 0 bridgehead atoms. The quantitative estimate of drug-likeness (QED) is 0.851. The monoisotopic (exact) mass is 341 g/mol. The van der Waals surface area contributed by atoms with Crippen molar-refractivity contribution in [1.29, 1.82) is 0 Å². The molecule has 1 aliphatic carbocycles. The first-order valence-corrected chi connectivity index (χ1v) is 9.08. The van der Waals surface area contributed by atoms with Crippen molar-refractivity contribution in [1.82, 2.24) is 5.32 Å². The summed E-state index contributed by atoms with van der Waals surface area (Å²) in [5, 5.41) is 5.47. The SMILES string of the molecule is CCC(=O)NCCC1CCC(OC)c2ccc3ccc(OC)cc3c21. The molecular formula is C21H27NO3. The van der Waals surface area contributed by atoms with E-state index < -0.39 is 0 Å². The van der Waals surface area contributed by atoms with Crippen LogP contribution in [0.1, 0.15) is 55.8 Å². The van der Waals surface area contributed by atoms with Gasteiger partial charge in [-0.05, 0) is 59.2 Å². The molecule has 0 fully saturated rings. The van der Waals surface area contributed by atoms with Crippen LogP contribution in [0.2, 0.25) is 0 Å². The fourth-order valence-electron chi connectivity index (χ4n) is 3.90. The average molecular weight is 341 g/mol. The van der Waals surface area contributed by atoms with E-state index in [1.165, 1.54) is 21.9 Å². The van der Waals surface area contributed by atoms with E-state index in [1.54, 1.807) is 14.2 Å². The minimum atomic E-state index is 0.116. The van der Waals surface area contributed by atoms with Gasteiger partial charge in [0.15, 0.2) is 0 Å². The van der Waals surface area contributed by atoms with Crippen molar-refractivity contribution in [2.75, 3.05) is 20.8 Å². The molecule has 2 atom stereocenters. The molecule has 1 aliphatic rings. The number of nitrogens with one attached hydrogen (secondary N) is 1. The summed E-state index contributed by atoms with van der Waals surface area (Å²) in [6, 6.07) is 10.6. The Morgan fingerprint density at radius 2 is 2.00 bits per heavy atom. The maximum atomic E-state index is 11.5. The van der Waals surface area contributed by atoms with Gasteiger partial charge >= 0.3 is 0 Å². The molecule has 1 amide bonds. The maximum Gasteiger partial charge on any atom is 0.219 e. The second-order valence-corrected chi connectivity index (χ2v) is 6.65. The summed E-state index contributed by atoms with van der Waals surface area (Å²) in [5.74, 6) is 1.42. The minimum absolute atomic E-state index is 0.116. The van der Waals surface area contributed by atoms with Crippen LogP contribution in [0.25, 0.3) is 10.8 Å². The fraction of sp³-hybridized carbons (Fsp3) is 0.476. The van der Waals surface area contributed by atoms with Crippen molar-refractivity contribution in [3.05, 3.63) is 41.5 Å². The highest BCUT2D eigenvalue weighted by Crippen LogP contribution is 2.44. The van der Waals surface area contributed by atoms with E-state index in [1.807, 2.05) is 13.0 Å². The first kappa shape index (κ1) is 17.7. The number of rotatable bonds is 6. The van der Waals surface area contributed by atoms with Crippen molar-refractivity contribution in [2.24, 2.45) is 0 Å². The van der Waals surface area contributed by atoms with Gasteiger partial charge < -0.3 is 14.8 Å². The van der Waals surface area contributed by atoms with Gasteiger partial charge in [0.1, 0.15) is 5.75 Å². The Labute approximate surface area is 149 Å². The summed E-state index contributed by atoms with van der Waals surface area (Å²) in [7, 11) is 3.48. The largest absolute Gasteiger partial charge is 0.497 e. The van der Waals surface area contributed by atoms with Crippen LogP contribution in [-0.4, -0.2) is 26.7 Å². The van der Waals surface area contributed by atoms with Crippen molar-refractivity contribution < 1.29 is 14.3 Å². The first-order chi connectivity index (χ1) is 12.2. The van der Waals surface area contributed by atoms with E-state index in [4.69, 9.17) is 9.47 Å². The zero-order chi connectivity index (χ0) is 17.8. The predicted molar refractivity (Wildman–Crippen MR) is 100 cm³/mol. The van der Waals surface area contributed by atoms with Crippen LogP contribution < -0.4 is 10.1 Å². The molecule has 2 aromatic carbocycles. The number of carbonyl (C=O) groups is 1. The lowest BCUT2D eigenvalue weighted by atomic mass is 9.77. The summed E-state index contributed by atoms with van der Waals surface area (Å²) >= 11 is 0. The molecule has 0 aromatic heterocycles. The zero-order valence-electron chi connectivity index (χ0n) is 15.3.